The summed E-state index contributed by atoms with van der Waals surface area (Å²) >= 11 is 0. The van der Waals surface area contributed by atoms with Gasteiger partial charge < -0.3 is 24.4 Å². The molecule has 7 nitrogen and oxygen atoms in total. The van der Waals surface area contributed by atoms with Gasteiger partial charge in [-0.3, -0.25) is 4.99 Å². The number of anilines is 1. The predicted octanol–water partition coefficient (Wildman–Crippen LogP) is 1.68. The van der Waals surface area contributed by atoms with Crippen LogP contribution in [0.2, 0.25) is 0 Å². The number of nitrogens with one attached hydrogen (secondary N) is 1. The lowest BCUT2D eigenvalue weighted by atomic mass is 10.2. The van der Waals surface area contributed by atoms with E-state index in [1.807, 2.05) is 24.7 Å². The van der Waals surface area contributed by atoms with Crippen molar-refractivity contribution < 1.29 is 4.74 Å². The summed E-state index contributed by atoms with van der Waals surface area (Å²) < 4.78 is 7.29. The van der Waals surface area contributed by atoms with E-state index in [9.17, 15) is 0 Å². The number of methoxy groups -OCH3 is 1. The fourth-order valence-electron chi connectivity index (χ4n) is 3.09. The molecule has 1 aliphatic heterocycles. The number of aromatic nitrogens is 2. The van der Waals surface area contributed by atoms with Crippen LogP contribution in [0.5, 0.6) is 5.75 Å². The Kier molecular flexibility index (Phi) is 6.35. The molecule has 0 aliphatic carbocycles. The fraction of sp³-hybridized carbons (Fsp3) is 0.474. The third kappa shape index (κ3) is 4.68. The molecule has 3 rings (SSSR count). The molecular weight excluding hydrogens is 328 g/mol. The van der Waals surface area contributed by atoms with E-state index in [-0.39, 0.29) is 0 Å². The maximum absolute atomic E-state index is 5.24. The first kappa shape index (κ1) is 18.1. The van der Waals surface area contributed by atoms with Gasteiger partial charge in [0, 0.05) is 57.3 Å². The SMILES string of the molecule is CCNC(=NCCn1ccnc1)N1CCN(c2ccc(OC)cc2)CC1. The second kappa shape index (κ2) is 9.12. The lowest BCUT2D eigenvalue weighted by Crippen LogP contribution is -2.52. The van der Waals surface area contributed by atoms with Crippen LogP contribution < -0.4 is 15.0 Å². The van der Waals surface area contributed by atoms with Gasteiger partial charge >= 0.3 is 0 Å². The van der Waals surface area contributed by atoms with Crippen LogP contribution in [0.1, 0.15) is 6.92 Å². The van der Waals surface area contributed by atoms with Crippen LogP contribution in [0.3, 0.4) is 0 Å². The van der Waals surface area contributed by atoms with Gasteiger partial charge in [0.05, 0.1) is 20.0 Å². The molecule has 7 heteroatoms. The van der Waals surface area contributed by atoms with Crippen LogP contribution >= 0.6 is 0 Å². The first-order valence-electron chi connectivity index (χ1n) is 9.18. The number of imidazole rings is 1. The monoisotopic (exact) mass is 356 g/mol. The quantitative estimate of drug-likeness (QED) is 0.630. The third-order valence-corrected chi connectivity index (χ3v) is 4.53. The van der Waals surface area contributed by atoms with Gasteiger partial charge in [0.1, 0.15) is 5.75 Å². The molecule has 0 bridgehead atoms. The van der Waals surface area contributed by atoms with Crippen LogP contribution in [0, 0.1) is 0 Å². The number of piperazine rings is 1. The summed E-state index contributed by atoms with van der Waals surface area (Å²) in [6, 6.07) is 8.28. The van der Waals surface area contributed by atoms with Gasteiger partial charge in [-0.1, -0.05) is 0 Å². The average Bonchev–Trinajstić information content (AvgIpc) is 3.21. The van der Waals surface area contributed by atoms with Crippen molar-refractivity contribution in [3.8, 4) is 5.75 Å². The van der Waals surface area contributed by atoms with E-state index < -0.39 is 0 Å². The Balaban J connectivity index is 1.54. The van der Waals surface area contributed by atoms with E-state index in [1.54, 1.807) is 13.3 Å². The molecule has 1 aromatic carbocycles. The molecule has 1 aliphatic rings. The molecular formula is C19H28N6O. The first-order valence-corrected chi connectivity index (χ1v) is 9.18. The number of hydrogen-bond donors (Lipinski definition) is 1. The Hall–Kier alpha value is -2.70. The minimum atomic E-state index is 0.747. The number of nitrogens with zero attached hydrogens (tertiary/aromatic N) is 5. The van der Waals surface area contributed by atoms with Crippen molar-refractivity contribution in [2.75, 3.05) is 51.3 Å². The van der Waals surface area contributed by atoms with Crippen molar-refractivity contribution in [1.29, 1.82) is 0 Å². The van der Waals surface area contributed by atoms with Crippen LogP contribution in [0.25, 0.3) is 0 Å². The van der Waals surface area contributed by atoms with E-state index in [0.717, 1.165) is 57.5 Å². The molecule has 1 fully saturated rings. The zero-order chi connectivity index (χ0) is 18.2. The molecule has 0 radical (unpaired) electrons. The second-order valence-electron chi connectivity index (χ2n) is 6.21. The summed E-state index contributed by atoms with van der Waals surface area (Å²) in [5.74, 6) is 1.90. The molecule has 2 aromatic rings. The number of aliphatic imine (C=N–C) groups is 1. The van der Waals surface area contributed by atoms with Crippen LogP contribution in [-0.4, -0.2) is 66.8 Å². The molecule has 1 aromatic heterocycles. The van der Waals surface area contributed by atoms with E-state index >= 15 is 0 Å². The second-order valence-corrected chi connectivity index (χ2v) is 6.21. The number of rotatable bonds is 6. The van der Waals surface area contributed by atoms with Crippen molar-refractivity contribution in [2.45, 2.75) is 13.5 Å². The van der Waals surface area contributed by atoms with Crippen molar-refractivity contribution >= 4 is 11.6 Å². The normalized spacial score (nSPS) is 15.2. The molecule has 140 valence electrons. The highest BCUT2D eigenvalue weighted by molar-refractivity contribution is 5.80. The Labute approximate surface area is 155 Å². The Morgan fingerprint density at radius 3 is 2.58 bits per heavy atom. The summed E-state index contributed by atoms with van der Waals surface area (Å²) in [6.45, 7) is 8.47. The summed E-state index contributed by atoms with van der Waals surface area (Å²) in [7, 11) is 1.70. The minimum Gasteiger partial charge on any atom is -0.497 e. The van der Waals surface area contributed by atoms with Gasteiger partial charge in [0.25, 0.3) is 0 Å². The summed E-state index contributed by atoms with van der Waals surface area (Å²) in [4.78, 5) is 13.6. The van der Waals surface area contributed by atoms with Gasteiger partial charge in [0.2, 0.25) is 0 Å². The molecule has 0 saturated carbocycles. The zero-order valence-corrected chi connectivity index (χ0v) is 15.6. The smallest absolute Gasteiger partial charge is 0.194 e. The minimum absolute atomic E-state index is 0.747. The third-order valence-electron chi connectivity index (χ3n) is 4.53. The van der Waals surface area contributed by atoms with E-state index in [4.69, 9.17) is 9.73 Å². The van der Waals surface area contributed by atoms with Gasteiger partial charge in [-0.15, -0.1) is 0 Å². The lowest BCUT2D eigenvalue weighted by Gasteiger charge is -2.37. The van der Waals surface area contributed by atoms with Crippen molar-refractivity contribution in [3.63, 3.8) is 0 Å². The van der Waals surface area contributed by atoms with Gasteiger partial charge in [-0.05, 0) is 31.2 Å². The molecule has 2 heterocycles. The van der Waals surface area contributed by atoms with Gasteiger partial charge in [0.15, 0.2) is 5.96 Å². The van der Waals surface area contributed by atoms with E-state index in [1.165, 1.54) is 5.69 Å². The highest BCUT2D eigenvalue weighted by atomic mass is 16.5. The molecule has 0 atom stereocenters. The van der Waals surface area contributed by atoms with E-state index in [2.05, 4.69) is 43.7 Å². The topological polar surface area (TPSA) is 57.9 Å². The maximum atomic E-state index is 5.24. The Morgan fingerprint density at radius 2 is 1.96 bits per heavy atom. The van der Waals surface area contributed by atoms with Crippen molar-refractivity contribution in [1.82, 2.24) is 19.8 Å². The van der Waals surface area contributed by atoms with Gasteiger partial charge in [-0.25, -0.2) is 4.98 Å². The van der Waals surface area contributed by atoms with Crippen LogP contribution in [0.4, 0.5) is 5.69 Å². The highest BCUT2D eigenvalue weighted by Crippen LogP contribution is 2.20. The Morgan fingerprint density at radius 1 is 1.19 bits per heavy atom. The standard InChI is InChI=1S/C19H28N6O/c1-3-21-19(22-9-11-23-10-8-20-16-23)25-14-12-24(13-15-25)17-4-6-18(26-2)7-5-17/h4-8,10,16H,3,9,11-15H2,1-2H3,(H,21,22). The average molecular weight is 356 g/mol. The first-order chi connectivity index (χ1) is 12.8. The lowest BCUT2D eigenvalue weighted by molar-refractivity contribution is 0.372. The fourth-order valence-corrected chi connectivity index (χ4v) is 3.09. The van der Waals surface area contributed by atoms with Crippen molar-refractivity contribution in [3.05, 3.63) is 43.0 Å². The molecule has 1 N–H and O–H groups in total. The van der Waals surface area contributed by atoms with Crippen LogP contribution in [0.15, 0.2) is 48.0 Å². The Bertz CT molecular complexity index is 675. The van der Waals surface area contributed by atoms with Gasteiger partial charge in [-0.2, -0.15) is 0 Å². The summed E-state index contributed by atoms with van der Waals surface area (Å²) in [5, 5.41) is 3.42. The number of benzene rings is 1. The molecule has 26 heavy (non-hydrogen) atoms. The van der Waals surface area contributed by atoms with Crippen molar-refractivity contribution in [2.24, 2.45) is 4.99 Å². The molecule has 0 amide bonds. The largest absolute Gasteiger partial charge is 0.497 e. The molecule has 1 saturated heterocycles. The number of guanidine groups is 1. The molecule has 0 spiro atoms. The van der Waals surface area contributed by atoms with Crippen LogP contribution in [-0.2, 0) is 6.54 Å². The highest BCUT2D eigenvalue weighted by Gasteiger charge is 2.19. The summed E-state index contributed by atoms with van der Waals surface area (Å²) in [5.41, 5.74) is 1.24. The maximum Gasteiger partial charge on any atom is 0.194 e. The van der Waals surface area contributed by atoms with E-state index in [0.29, 0.717) is 0 Å². The zero-order valence-electron chi connectivity index (χ0n) is 15.6. The summed E-state index contributed by atoms with van der Waals surface area (Å²) in [6.07, 6.45) is 5.60. The number of hydrogen-bond acceptors (Lipinski definition) is 4. The number of ether oxygens (including phenoxy) is 1. The predicted molar refractivity (Wildman–Crippen MR) is 105 cm³/mol. The molecule has 0 unspecified atom stereocenters.